The van der Waals surface area contributed by atoms with Crippen LogP contribution in [0.4, 0.5) is 23.0 Å². The van der Waals surface area contributed by atoms with Gasteiger partial charge in [0.1, 0.15) is 12.0 Å². The number of hydrogen-bond donors (Lipinski definition) is 2. The molecule has 3 N–H and O–H groups in total. The molecule has 1 fully saturated rings. The van der Waals surface area contributed by atoms with Gasteiger partial charge in [0.05, 0.1) is 12.5 Å². The zero-order chi connectivity index (χ0) is 20.1. The molecule has 8 nitrogen and oxygen atoms in total. The van der Waals surface area contributed by atoms with Crippen molar-refractivity contribution in [1.82, 2.24) is 9.97 Å². The van der Waals surface area contributed by atoms with E-state index in [9.17, 15) is 9.59 Å². The number of ether oxygens (including phenoxy) is 1. The molecule has 1 aliphatic rings. The van der Waals surface area contributed by atoms with Gasteiger partial charge in [-0.15, -0.1) is 0 Å². The molecule has 3 rings (SSSR count). The lowest BCUT2D eigenvalue weighted by Crippen LogP contribution is -2.37. The number of rotatable bonds is 6. The highest BCUT2D eigenvalue weighted by atomic mass is 16.5. The molecule has 2 aromatic rings. The van der Waals surface area contributed by atoms with Crippen LogP contribution < -0.4 is 16.0 Å². The Morgan fingerprint density at radius 2 is 2.04 bits per heavy atom. The fraction of sp³-hybridized carbons (Fsp3) is 0.400. The molecule has 0 aliphatic carbocycles. The first-order valence-electron chi connectivity index (χ1n) is 9.39. The van der Waals surface area contributed by atoms with Crippen LogP contribution in [0.25, 0.3) is 0 Å². The van der Waals surface area contributed by atoms with Gasteiger partial charge in [-0.3, -0.25) is 9.59 Å². The molecular formula is C20H25N5O3. The molecule has 0 bridgehead atoms. The molecular weight excluding hydrogens is 358 g/mol. The van der Waals surface area contributed by atoms with Gasteiger partial charge in [-0.1, -0.05) is 12.1 Å². The van der Waals surface area contributed by atoms with E-state index in [0.717, 1.165) is 5.69 Å². The van der Waals surface area contributed by atoms with Gasteiger partial charge in [0.25, 0.3) is 0 Å². The van der Waals surface area contributed by atoms with Crippen LogP contribution in [0.5, 0.6) is 0 Å². The molecule has 0 atom stereocenters. The van der Waals surface area contributed by atoms with Crippen molar-refractivity contribution >= 4 is 34.8 Å². The average Bonchev–Trinajstić information content (AvgIpc) is 2.70. The molecule has 1 aliphatic heterocycles. The largest absolute Gasteiger partial charge is 0.466 e. The summed E-state index contributed by atoms with van der Waals surface area (Å²) in [5.74, 6) is 0.905. The molecule has 148 valence electrons. The molecule has 1 aromatic carbocycles. The molecule has 1 aromatic heterocycles. The van der Waals surface area contributed by atoms with E-state index in [2.05, 4.69) is 20.2 Å². The third-order valence-electron chi connectivity index (χ3n) is 4.81. The van der Waals surface area contributed by atoms with Crippen LogP contribution in [0.3, 0.4) is 0 Å². The highest BCUT2D eigenvalue weighted by Gasteiger charge is 2.28. The van der Waals surface area contributed by atoms with E-state index in [1.165, 1.54) is 13.3 Å². The van der Waals surface area contributed by atoms with E-state index in [1.54, 1.807) is 18.2 Å². The Labute approximate surface area is 164 Å². The maximum absolute atomic E-state index is 11.9. The number of nitrogens with one attached hydrogen (secondary N) is 1. The van der Waals surface area contributed by atoms with Gasteiger partial charge in [0, 0.05) is 24.3 Å². The van der Waals surface area contributed by atoms with Gasteiger partial charge in [-0.05, 0) is 38.8 Å². The van der Waals surface area contributed by atoms with Crippen LogP contribution in [-0.4, -0.2) is 41.4 Å². The van der Waals surface area contributed by atoms with Gasteiger partial charge in [0.15, 0.2) is 17.4 Å². The zero-order valence-corrected chi connectivity index (χ0v) is 16.1. The normalized spacial score (nSPS) is 14.6. The minimum absolute atomic E-state index is 0.00975. The summed E-state index contributed by atoms with van der Waals surface area (Å²) in [7, 11) is 0. The summed E-state index contributed by atoms with van der Waals surface area (Å²) in [5.41, 5.74) is 8.09. The van der Waals surface area contributed by atoms with Crippen molar-refractivity contribution in [3.05, 3.63) is 36.2 Å². The van der Waals surface area contributed by atoms with E-state index >= 15 is 0 Å². The first kappa shape index (κ1) is 19.6. The van der Waals surface area contributed by atoms with Crippen molar-refractivity contribution in [2.45, 2.75) is 26.7 Å². The number of nitrogen functional groups attached to an aromatic ring is 1. The zero-order valence-electron chi connectivity index (χ0n) is 16.1. The molecule has 28 heavy (non-hydrogen) atoms. The van der Waals surface area contributed by atoms with Gasteiger partial charge in [-0.25, -0.2) is 9.97 Å². The maximum Gasteiger partial charge on any atom is 0.309 e. The van der Waals surface area contributed by atoms with Crippen molar-refractivity contribution in [2.24, 2.45) is 5.92 Å². The van der Waals surface area contributed by atoms with Gasteiger partial charge in [0.2, 0.25) is 0 Å². The number of carbonyl (C=O) groups is 2. The van der Waals surface area contributed by atoms with Crippen molar-refractivity contribution in [1.29, 1.82) is 0 Å². The molecule has 0 spiro atoms. The Morgan fingerprint density at radius 1 is 1.29 bits per heavy atom. The number of nitrogens with two attached hydrogens (primary N) is 1. The lowest BCUT2D eigenvalue weighted by Gasteiger charge is -2.32. The quantitative estimate of drug-likeness (QED) is 0.579. The van der Waals surface area contributed by atoms with Gasteiger partial charge >= 0.3 is 5.97 Å². The Morgan fingerprint density at radius 3 is 2.71 bits per heavy atom. The minimum atomic E-state index is -0.134. The highest BCUT2D eigenvalue weighted by molar-refractivity contribution is 5.95. The third-order valence-corrected chi connectivity index (χ3v) is 4.81. The smallest absolute Gasteiger partial charge is 0.309 e. The molecule has 0 radical (unpaired) electrons. The fourth-order valence-electron chi connectivity index (χ4n) is 3.28. The molecule has 0 amide bonds. The maximum atomic E-state index is 11.9. The summed E-state index contributed by atoms with van der Waals surface area (Å²) in [6.07, 6.45) is 2.86. The Bertz CT molecular complexity index is 863. The third kappa shape index (κ3) is 4.39. The molecule has 2 heterocycles. The number of anilines is 4. The SMILES string of the molecule is CCOC(=O)C1CCN(c2ncnc(Nc3cccc(C(C)=O)c3)c2N)CC1. The van der Waals surface area contributed by atoms with E-state index in [4.69, 9.17) is 10.5 Å². The van der Waals surface area contributed by atoms with Crippen molar-refractivity contribution in [3.63, 3.8) is 0 Å². The van der Waals surface area contributed by atoms with Crippen molar-refractivity contribution in [2.75, 3.05) is 35.6 Å². The summed E-state index contributed by atoms with van der Waals surface area (Å²) in [4.78, 5) is 34.1. The molecule has 8 heteroatoms. The standard InChI is InChI=1S/C20H25N5O3/c1-3-28-20(27)14-7-9-25(10-8-14)19-17(21)18(22-12-23-19)24-16-6-4-5-15(11-16)13(2)26/h4-6,11-12,14H,3,7-10,21H2,1-2H3,(H,22,23,24). The molecule has 0 unspecified atom stereocenters. The first-order valence-corrected chi connectivity index (χ1v) is 9.39. The Hall–Kier alpha value is -3.16. The second-order valence-electron chi connectivity index (χ2n) is 6.73. The Balaban J connectivity index is 1.72. The van der Waals surface area contributed by atoms with Crippen LogP contribution in [0.15, 0.2) is 30.6 Å². The van der Waals surface area contributed by atoms with Crippen LogP contribution in [0.1, 0.15) is 37.0 Å². The predicted octanol–water partition coefficient (Wildman–Crippen LogP) is 2.78. The Kier molecular flexibility index (Phi) is 6.08. The van der Waals surface area contributed by atoms with Gasteiger partial charge < -0.3 is 20.7 Å². The lowest BCUT2D eigenvalue weighted by atomic mass is 9.97. The van der Waals surface area contributed by atoms with Crippen LogP contribution in [0, 0.1) is 5.92 Å². The topological polar surface area (TPSA) is 110 Å². The van der Waals surface area contributed by atoms with E-state index in [-0.39, 0.29) is 17.7 Å². The number of benzene rings is 1. The summed E-state index contributed by atoms with van der Waals surface area (Å²) >= 11 is 0. The number of aromatic nitrogens is 2. The average molecular weight is 383 g/mol. The van der Waals surface area contributed by atoms with Crippen LogP contribution >= 0.6 is 0 Å². The lowest BCUT2D eigenvalue weighted by molar-refractivity contribution is -0.148. The highest BCUT2D eigenvalue weighted by Crippen LogP contribution is 2.31. The summed E-state index contributed by atoms with van der Waals surface area (Å²) in [6, 6.07) is 7.17. The minimum Gasteiger partial charge on any atom is -0.466 e. The van der Waals surface area contributed by atoms with E-state index in [1.807, 2.05) is 13.0 Å². The second kappa shape index (κ2) is 8.69. The fourth-order valence-corrected chi connectivity index (χ4v) is 3.28. The monoisotopic (exact) mass is 383 g/mol. The number of carbonyl (C=O) groups excluding carboxylic acids is 2. The summed E-state index contributed by atoms with van der Waals surface area (Å²) < 4.78 is 5.12. The van der Waals surface area contributed by atoms with E-state index < -0.39 is 0 Å². The number of ketones is 1. The molecule has 0 saturated carbocycles. The number of esters is 1. The predicted molar refractivity (Wildman–Crippen MR) is 108 cm³/mol. The summed E-state index contributed by atoms with van der Waals surface area (Å²) in [6.45, 7) is 5.08. The van der Waals surface area contributed by atoms with Crippen molar-refractivity contribution in [3.8, 4) is 0 Å². The van der Waals surface area contributed by atoms with Crippen LogP contribution in [-0.2, 0) is 9.53 Å². The first-order chi connectivity index (χ1) is 13.5. The number of Topliss-reactive ketones (excluding diaryl/α,β-unsaturated/α-hetero) is 1. The number of piperidine rings is 1. The van der Waals surface area contributed by atoms with E-state index in [0.29, 0.717) is 55.4 Å². The second-order valence-corrected chi connectivity index (χ2v) is 6.73. The summed E-state index contributed by atoms with van der Waals surface area (Å²) in [5, 5.41) is 3.16. The molecule has 1 saturated heterocycles. The van der Waals surface area contributed by atoms with Crippen molar-refractivity contribution < 1.29 is 14.3 Å². The van der Waals surface area contributed by atoms with Crippen LogP contribution in [0.2, 0.25) is 0 Å². The number of hydrogen-bond acceptors (Lipinski definition) is 8. The van der Waals surface area contributed by atoms with Gasteiger partial charge in [-0.2, -0.15) is 0 Å². The number of nitrogens with zero attached hydrogens (tertiary/aromatic N) is 3.